The Balaban J connectivity index is 1.83. The summed E-state index contributed by atoms with van der Waals surface area (Å²) >= 11 is 0. The molecule has 2 aliphatic rings. The minimum Gasteiger partial charge on any atom is -0.462 e. The van der Waals surface area contributed by atoms with Crippen molar-refractivity contribution in [2.45, 2.75) is 235 Å². The molecule has 0 radical (unpaired) electrons. The number of rotatable bonds is 39. The maximum atomic E-state index is 13.0. The molecule has 0 saturated carbocycles. The number of aliphatic hydroxyl groups is 7. The van der Waals surface area contributed by atoms with Gasteiger partial charge in [0.2, 0.25) is 0 Å². The summed E-state index contributed by atoms with van der Waals surface area (Å²) in [6.45, 7) is 2.49. The van der Waals surface area contributed by atoms with Crippen LogP contribution in [-0.2, 0) is 38.0 Å². The maximum Gasteiger partial charge on any atom is 0.306 e. The van der Waals surface area contributed by atoms with E-state index in [0.717, 1.165) is 83.5 Å². The van der Waals surface area contributed by atoms with E-state index in [1.54, 1.807) is 0 Å². The van der Waals surface area contributed by atoms with Crippen LogP contribution in [-0.4, -0.2) is 142 Å². The Hall–Kier alpha value is -2.80. The van der Waals surface area contributed by atoms with Crippen molar-refractivity contribution in [2.24, 2.45) is 0 Å². The number of esters is 2. The van der Waals surface area contributed by atoms with Gasteiger partial charge < -0.3 is 64.2 Å². The summed E-state index contributed by atoms with van der Waals surface area (Å²) in [5.41, 5.74) is 0. The van der Waals surface area contributed by atoms with Crippen LogP contribution in [0.1, 0.15) is 168 Å². The molecule has 0 amide bonds. The molecule has 11 atom stereocenters. The van der Waals surface area contributed by atoms with Crippen LogP contribution in [0.4, 0.5) is 0 Å². The van der Waals surface area contributed by atoms with Crippen LogP contribution in [0, 0.1) is 0 Å². The van der Waals surface area contributed by atoms with Crippen molar-refractivity contribution in [1.82, 2.24) is 0 Å². The molecule has 2 aliphatic heterocycles. The number of allylic oxidation sites excluding steroid dienone is 10. The molecular weight excluding hydrogens is 877 g/mol. The van der Waals surface area contributed by atoms with Crippen LogP contribution in [0.15, 0.2) is 60.8 Å². The van der Waals surface area contributed by atoms with Gasteiger partial charge >= 0.3 is 11.9 Å². The van der Waals surface area contributed by atoms with E-state index in [2.05, 4.69) is 74.6 Å². The highest BCUT2D eigenvalue weighted by Crippen LogP contribution is 2.26. The lowest BCUT2D eigenvalue weighted by atomic mass is 9.98. The highest BCUT2D eigenvalue weighted by atomic mass is 16.7. The number of hydrogen-bond acceptors (Lipinski definition) is 15. The van der Waals surface area contributed by atoms with Crippen molar-refractivity contribution in [1.29, 1.82) is 0 Å². The van der Waals surface area contributed by atoms with E-state index in [1.165, 1.54) is 44.9 Å². The second kappa shape index (κ2) is 39.9. The van der Waals surface area contributed by atoms with E-state index in [-0.39, 0.29) is 19.4 Å². The molecule has 15 heteroatoms. The first-order valence-electron chi connectivity index (χ1n) is 25.9. The third kappa shape index (κ3) is 27.6. The van der Waals surface area contributed by atoms with Gasteiger partial charge in [0, 0.05) is 12.8 Å². The number of unbranched alkanes of at least 4 members (excludes halogenated alkanes) is 15. The predicted molar refractivity (Wildman–Crippen MR) is 261 cm³/mol. The summed E-state index contributed by atoms with van der Waals surface area (Å²) in [5.74, 6) is -0.975. The zero-order valence-electron chi connectivity index (χ0n) is 41.3. The minimum atomic E-state index is -1.77. The number of carbonyl (C=O) groups excluding carboxylic acids is 2. The molecular formula is C53H90O15. The van der Waals surface area contributed by atoms with Crippen molar-refractivity contribution in [3.8, 4) is 0 Å². The minimum absolute atomic E-state index is 0.124. The molecule has 2 rings (SSSR count). The molecule has 2 fully saturated rings. The maximum absolute atomic E-state index is 13.0. The van der Waals surface area contributed by atoms with Gasteiger partial charge in [-0.25, -0.2) is 0 Å². The predicted octanol–water partition coefficient (Wildman–Crippen LogP) is 7.27. The summed E-state index contributed by atoms with van der Waals surface area (Å²) < 4.78 is 33.5. The number of carbonyl (C=O) groups is 2. The van der Waals surface area contributed by atoms with E-state index in [4.69, 9.17) is 28.4 Å². The molecule has 2 heterocycles. The lowest BCUT2D eigenvalue weighted by Crippen LogP contribution is -2.61. The first kappa shape index (κ1) is 61.3. The first-order chi connectivity index (χ1) is 33.0. The molecule has 392 valence electrons. The largest absolute Gasteiger partial charge is 0.462 e. The molecule has 0 aromatic heterocycles. The van der Waals surface area contributed by atoms with Crippen molar-refractivity contribution >= 4 is 11.9 Å². The molecule has 0 aromatic carbocycles. The van der Waals surface area contributed by atoms with Crippen LogP contribution in [0.3, 0.4) is 0 Å². The van der Waals surface area contributed by atoms with Crippen molar-refractivity contribution in [3.05, 3.63) is 60.8 Å². The van der Waals surface area contributed by atoms with Crippen LogP contribution in [0.2, 0.25) is 0 Å². The normalized spacial score (nSPS) is 26.2. The van der Waals surface area contributed by atoms with Gasteiger partial charge in [0.05, 0.1) is 19.8 Å². The molecule has 0 aromatic rings. The molecule has 2 saturated heterocycles. The molecule has 0 bridgehead atoms. The lowest BCUT2D eigenvalue weighted by molar-refractivity contribution is -0.332. The Morgan fingerprint density at radius 3 is 1.44 bits per heavy atom. The summed E-state index contributed by atoms with van der Waals surface area (Å²) in [6.07, 6.45) is 28.2. The third-order valence-corrected chi connectivity index (χ3v) is 12.0. The average molecular weight is 967 g/mol. The summed E-state index contributed by atoms with van der Waals surface area (Å²) in [6, 6.07) is 0. The number of aliphatic hydroxyl groups excluding tert-OH is 7. The fourth-order valence-corrected chi connectivity index (χ4v) is 7.66. The van der Waals surface area contributed by atoms with Gasteiger partial charge in [-0.1, -0.05) is 132 Å². The van der Waals surface area contributed by atoms with Gasteiger partial charge in [-0.15, -0.1) is 0 Å². The van der Waals surface area contributed by atoms with Gasteiger partial charge in [-0.2, -0.15) is 0 Å². The highest BCUT2D eigenvalue weighted by Gasteiger charge is 2.47. The SMILES string of the molecule is CCCCC/C=C/C/C=C/C/C=C/C/C=C/CCCCCC(=O)O[C@H](COC(=O)CCCCCCC/C=C/CCCCCC)CO[C@H]1O[C@@H](CO[C@H]2O[C@@H](CO)[C@@H](O)C(O)C2O)[C@@H](O)C(O)C1O. The number of hydrogen-bond donors (Lipinski definition) is 7. The summed E-state index contributed by atoms with van der Waals surface area (Å²) in [5, 5.41) is 72.1. The average Bonchev–Trinajstić information content (AvgIpc) is 3.33. The Labute approximate surface area is 407 Å². The Bertz CT molecular complexity index is 1420. The Morgan fingerprint density at radius 2 is 0.882 bits per heavy atom. The van der Waals surface area contributed by atoms with E-state index >= 15 is 0 Å². The van der Waals surface area contributed by atoms with Crippen LogP contribution < -0.4 is 0 Å². The van der Waals surface area contributed by atoms with Gasteiger partial charge in [-0.3, -0.25) is 9.59 Å². The highest BCUT2D eigenvalue weighted by molar-refractivity contribution is 5.70. The molecule has 4 unspecified atom stereocenters. The van der Waals surface area contributed by atoms with Gasteiger partial charge in [0.25, 0.3) is 0 Å². The topological polar surface area (TPSA) is 231 Å². The van der Waals surface area contributed by atoms with E-state index in [9.17, 15) is 45.3 Å². The second-order valence-corrected chi connectivity index (χ2v) is 18.0. The molecule has 7 N–H and O–H groups in total. The van der Waals surface area contributed by atoms with Crippen LogP contribution >= 0.6 is 0 Å². The second-order valence-electron chi connectivity index (χ2n) is 18.0. The van der Waals surface area contributed by atoms with Gasteiger partial charge in [0.1, 0.15) is 55.4 Å². The zero-order chi connectivity index (χ0) is 49.6. The smallest absolute Gasteiger partial charge is 0.306 e. The lowest BCUT2D eigenvalue weighted by Gasteiger charge is -2.42. The summed E-state index contributed by atoms with van der Waals surface area (Å²) in [7, 11) is 0. The monoisotopic (exact) mass is 967 g/mol. The fraction of sp³-hybridized carbons (Fsp3) is 0.774. The van der Waals surface area contributed by atoms with Crippen molar-refractivity contribution < 1.29 is 73.8 Å². The van der Waals surface area contributed by atoms with Gasteiger partial charge in [-0.05, 0) is 83.5 Å². The van der Waals surface area contributed by atoms with Crippen LogP contribution in [0.25, 0.3) is 0 Å². The van der Waals surface area contributed by atoms with Crippen LogP contribution in [0.5, 0.6) is 0 Å². The Morgan fingerprint density at radius 1 is 0.471 bits per heavy atom. The molecule has 68 heavy (non-hydrogen) atoms. The fourth-order valence-electron chi connectivity index (χ4n) is 7.66. The van der Waals surface area contributed by atoms with E-state index in [0.29, 0.717) is 12.8 Å². The van der Waals surface area contributed by atoms with E-state index < -0.39 is 99.3 Å². The zero-order valence-corrected chi connectivity index (χ0v) is 41.3. The first-order valence-corrected chi connectivity index (χ1v) is 25.9. The molecule has 0 spiro atoms. The Kier molecular flexibility index (Phi) is 36.0. The molecule has 15 nitrogen and oxygen atoms in total. The van der Waals surface area contributed by atoms with Gasteiger partial charge in [0.15, 0.2) is 18.7 Å². The third-order valence-electron chi connectivity index (χ3n) is 12.0. The van der Waals surface area contributed by atoms with Crippen molar-refractivity contribution in [2.75, 3.05) is 26.4 Å². The van der Waals surface area contributed by atoms with Crippen molar-refractivity contribution in [3.63, 3.8) is 0 Å². The molecule has 0 aliphatic carbocycles. The standard InChI is InChI=1S/C53H90O15/c1-3-5-7-9-11-13-15-17-18-19-20-21-22-24-26-28-30-32-34-36-45(56)66-41(38-63-44(55)35-33-31-29-27-25-23-16-14-12-10-8-6-4-2)39-64-52-51(62)49(60)47(58)43(68-52)40-65-53-50(61)48(59)46(57)42(37-54)67-53/h11,13-14,16-18,20-21,24,26,41-43,46-54,57-62H,3-10,12,15,19,22-23,25,27-40H2,1-2H3/b13-11+,16-14+,18-17+,21-20+,26-24+/t41-,42+,43+,46-,47-,48?,49?,50?,51?,52+,53+/m1/s1. The number of ether oxygens (including phenoxy) is 6. The van der Waals surface area contributed by atoms with E-state index in [1.807, 2.05) is 0 Å². The summed E-state index contributed by atoms with van der Waals surface area (Å²) in [4.78, 5) is 25.7. The quantitative estimate of drug-likeness (QED) is 0.0183.